The minimum Gasteiger partial charge on any atom is -0.388 e. The molecule has 0 bridgehead atoms. The highest BCUT2D eigenvalue weighted by atomic mass is 19.1. The van der Waals surface area contributed by atoms with Crippen molar-refractivity contribution in [1.29, 1.82) is 0 Å². The maximum absolute atomic E-state index is 13.1. The van der Waals surface area contributed by atoms with Crippen LogP contribution < -0.4 is 0 Å². The van der Waals surface area contributed by atoms with Crippen LogP contribution in [0.15, 0.2) is 42.5 Å². The standard InChI is InChI=1S/C16H16F2O/c1-11-3-2-4-12(7-11)5-6-16(19)13-8-14(17)10-15(18)9-13/h2-4,7-10,16,19H,5-6H2,1H3. The van der Waals surface area contributed by atoms with E-state index in [2.05, 4.69) is 0 Å². The normalized spacial score (nSPS) is 12.4. The van der Waals surface area contributed by atoms with Gasteiger partial charge in [0.05, 0.1) is 6.10 Å². The van der Waals surface area contributed by atoms with Crippen LogP contribution in [0.4, 0.5) is 8.78 Å². The second kappa shape index (κ2) is 5.93. The van der Waals surface area contributed by atoms with E-state index in [4.69, 9.17) is 0 Å². The van der Waals surface area contributed by atoms with Crippen molar-refractivity contribution in [2.45, 2.75) is 25.9 Å². The molecule has 2 rings (SSSR count). The predicted molar refractivity (Wildman–Crippen MR) is 70.8 cm³/mol. The first-order chi connectivity index (χ1) is 9.04. The van der Waals surface area contributed by atoms with Gasteiger partial charge in [-0.05, 0) is 43.0 Å². The predicted octanol–water partition coefficient (Wildman–Crippen LogP) is 3.94. The topological polar surface area (TPSA) is 20.2 Å². The Kier molecular flexibility index (Phi) is 4.27. The second-order valence-corrected chi connectivity index (χ2v) is 4.75. The van der Waals surface area contributed by atoms with E-state index in [-0.39, 0.29) is 5.56 Å². The van der Waals surface area contributed by atoms with Crippen molar-refractivity contribution < 1.29 is 13.9 Å². The van der Waals surface area contributed by atoms with Gasteiger partial charge < -0.3 is 5.11 Å². The van der Waals surface area contributed by atoms with E-state index < -0.39 is 17.7 Å². The first-order valence-electron chi connectivity index (χ1n) is 6.24. The molecule has 2 aromatic carbocycles. The van der Waals surface area contributed by atoms with Gasteiger partial charge in [-0.1, -0.05) is 29.8 Å². The van der Waals surface area contributed by atoms with Crippen LogP contribution in [0.3, 0.4) is 0 Å². The van der Waals surface area contributed by atoms with Crippen molar-refractivity contribution in [1.82, 2.24) is 0 Å². The van der Waals surface area contributed by atoms with Crippen molar-refractivity contribution in [3.05, 3.63) is 70.8 Å². The van der Waals surface area contributed by atoms with Crippen LogP contribution in [0.2, 0.25) is 0 Å². The number of aliphatic hydroxyl groups is 1. The average molecular weight is 262 g/mol. The molecular formula is C16H16F2O. The summed E-state index contributed by atoms with van der Waals surface area (Å²) in [6.45, 7) is 2.00. The van der Waals surface area contributed by atoms with E-state index in [1.807, 2.05) is 31.2 Å². The summed E-state index contributed by atoms with van der Waals surface area (Å²) in [6.07, 6.45) is 0.249. The van der Waals surface area contributed by atoms with Crippen molar-refractivity contribution in [2.24, 2.45) is 0 Å². The molecule has 0 aliphatic heterocycles. The summed E-state index contributed by atoms with van der Waals surface area (Å²) in [5.74, 6) is -1.32. The fourth-order valence-electron chi connectivity index (χ4n) is 2.11. The molecule has 2 aromatic rings. The van der Waals surface area contributed by atoms with Crippen molar-refractivity contribution in [3.63, 3.8) is 0 Å². The SMILES string of the molecule is Cc1cccc(CCC(O)c2cc(F)cc(F)c2)c1. The minimum atomic E-state index is -0.856. The molecule has 0 amide bonds. The minimum absolute atomic E-state index is 0.283. The Morgan fingerprint density at radius 2 is 1.74 bits per heavy atom. The zero-order valence-electron chi connectivity index (χ0n) is 10.7. The number of aryl methyl sites for hydroxylation is 2. The lowest BCUT2D eigenvalue weighted by Crippen LogP contribution is -2.01. The number of hydrogen-bond donors (Lipinski definition) is 1. The second-order valence-electron chi connectivity index (χ2n) is 4.75. The van der Waals surface area contributed by atoms with Gasteiger partial charge in [0.1, 0.15) is 11.6 Å². The lowest BCUT2D eigenvalue weighted by molar-refractivity contribution is 0.167. The van der Waals surface area contributed by atoms with Crippen LogP contribution in [0.5, 0.6) is 0 Å². The fourth-order valence-corrected chi connectivity index (χ4v) is 2.11. The first kappa shape index (κ1) is 13.7. The molecule has 0 aliphatic rings. The quantitative estimate of drug-likeness (QED) is 0.884. The smallest absolute Gasteiger partial charge is 0.126 e. The summed E-state index contributed by atoms with van der Waals surface area (Å²) in [5.41, 5.74) is 2.55. The van der Waals surface area contributed by atoms with E-state index in [0.717, 1.165) is 17.2 Å². The Balaban J connectivity index is 2.03. The first-order valence-corrected chi connectivity index (χ1v) is 6.24. The molecule has 0 aliphatic carbocycles. The zero-order valence-corrected chi connectivity index (χ0v) is 10.7. The fraction of sp³-hybridized carbons (Fsp3) is 0.250. The Morgan fingerprint density at radius 1 is 1.05 bits per heavy atom. The van der Waals surface area contributed by atoms with Gasteiger partial charge in [0, 0.05) is 6.07 Å². The molecule has 0 fully saturated rings. The molecule has 0 spiro atoms. The Morgan fingerprint density at radius 3 is 2.37 bits per heavy atom. The van der Waals surface area contributed by atoms with Gasteiger partial charge in [-0.25, -0.2) is 8.78 Å². The van der Waals surface area contributed by atoms with Gasteiger partial charge in [-0.3, -0.25) is 0 Å². The zero-order chi connectivity index (χ0) is 13.8. The number of benzene rings is 2. The van der Waals surface area contributed by atoms with Crippen LogP contribution in [0.1, 0.15) is 29.2 Å². The molecule has 3 heteroatoms. The van der Waals surface area contributed by atoms with Crippen LogP contribution >= 0.6 is 0 Å². The average Bonchev–Trinajstić information content (AvgIpc) is 2.35. The van der Waals surface area contributed by atoms with Gasteiger partial charge >= 0.3 is 0 Å². The third kappa shape index (κ3) is 3.86. The Labute approximate surface area is 111 Å². The molecule has 1 nitrogen and oxygen atoms in total. The monoisotopic (exact) mass is 262 g/mol. The largest absolute Gasteiger partial charge is 0.388 e. The molecular weight excluding hydrogens is 246 g/mol. The number of halogens is 2. The van der Waals surface area contributed by atoms with Gasteiger partial charge in [0.25, 0.3) is 0 Å². The van der Waals surface area contributed by atoms with Crippen molar-refractivity contribution in [2.75, 3.05) is 0 Å². The lowest BCUT2D eigenvalue weighted by Gasteiger charge is -2.11. The number of hydrogen-bond acceptors (Lipinski definition) is 1. The van der Waals surface area contributed by atoms with Crippen LogP contribution in [-0.4, -0.2) is 5.11 Å². The maximum Gasteiger partial charge on any atom is 0.126 e. The van der Waals surface area contributed by atoms with E-state index in [1.54, 1.807) is 0 Å². The highest BCUT2D eigenvalue weighted by Crippen LogP contribution is 2.21. The van der Waals surface area contributed by atoms with Crippen molar-refractivity contribution in [3.8, 4) is 0 Å². The van der Waals surface area contributed by atoms with Gasteiger partial charge in [0.2, 0.25) is 0 Å². The third-order valence-corrected chi connectivity index (χ3v) is 3.06. The summed E-state index contributed by atoms with van der Waals surface area (Å²) in [7, 11) is 0. The molecule has 0 radical (unpaired) electrons. The van der Waals surface area contributed by atoms with Crippen LogP contribution in [0.25, 0.3) is 0 Å². The third-order valence-electron chi connectivity index (χ3n) is 3.06. The number of rotatable bonds is 4. The summed E-state index contributed by atoms with van der Waals surface area (Å²) in [6, 6.07) is 11.1. The molecule has 19 heavy (non-hydrogen) atoms. The maximum atomic E-state index is 13.1. The van der Waals surface area contributed by atoms with E-state index in [0.29, 0.717) is 12.8 Å². The summed E-state index contributed by atoms with van der Waals surface area (Å²) >= 11 is 0. The molecule has 0 aromatic heterocycles. The molecule has 1 atom stereocenters. The molecule has 100 valence electrons. The van der Waals surface area contributed by atoms with E-state index >= 15 is 0 Å². The van der Waals surface area contributed by atoms with Gasteiger partial charge in [-0.15, -0.1) is 0 Å². The molecule has 1 unspecified atom stereocenters. The summed E-state index contributed by atoms with van der Waals surface area (Å²) in [5, 5.41) is 9.97. The Bertz CT molecular complexity index is 546. The molecule has 1 N–H and O–H groups in total. The lowest BCUT2D eigenvalue weighted by atomic mass is 10.0. The van der Waals surface area contributed by atoms with Crippen LogP contribution in [-0.2, 0) is 6.42 Å². The van der Waals surface area contributed by atoms with E-state index in [9.17, 15) is 13.9 Å². The summed E-state index contributed by atoms with van der Waals surface area (Å²) < 4.78 is 26.1. The van der Waals surface area contributed by atoms with Crippen LogP contribution in [0, 0.1) is 18.6 Å². The van der Waals surface area contributed by atoms with Crippen molar-refractivity contribution >= 4 is 0 Å². The van der Waals surface area contributed by atoms with E-state index in [1.165, 1.54) is 12.1 Å². The molecule has 0 saturated heterocycles. The van der Waals surface area contributed by atoms with Gasteiger partial charge in [0.15, 0.2) is 0 Å². The van der Waals surface area contributed by atoms with Gasteiger partial charge in [-0.2, -0.15) is 0 Å². The highest BCUT2D eigenvalue weighted by Gasteiger charge is 2.10. The molecule has 0 saturated carbocycles. The highest BCUT2D eigenvalue weighted by molar-refractivity contribution is 5.24. The Hall–Kier alpha value is -1.74. The number of aliphatic hydroxyl groups excluding tert-OH is 1. The summed E-state index contributed by atoms with van der Waals surface area (Å²) in [4.78, 5) is 0. The molecule has 0 heterocycles.